The van der Waals surface area contributed by atoms with Crippen molar-refractivity contribution >= 4 is 11.8 Å². The van der Waals surface area contributed by atoms with Crippen molar-refractivity contribution in [2.75, 3.05) is 20.3 Å². The minimum Gasteiger partial charge on any atom is -0.453 e. The van der Waals surface area contributed by atoms with E-state index in [1.807, 2.05) is 18.4 Å². The molecule has 0 saturated heterocycles. The average molecular weight is 317 g/mol. The average Bonchev–Trinajstić information content (AvgIpc) is 2.85. The monoisotopic (exact) mass is 317 g/mol. The van der Waals surface area contributed by atoms with Crippen molar-refractivity contribution in [2.24, 2.45) is 0 Å². The van der Waals surface area contributed by atoms with E-state index in [9.17, 15) is 9.59 Å². The molecule has 0 N–H and O–H groups in total. The smallest absolute Gasteiger partial charge is 0.358 e. The Hall–Kier alpha value is -2.54. The Morgan fingerprint density at radius 1 is 1.26 bits per heavy atom. The first-order chi connectivity index (χ1) is 11.0. The number of carbonyl (C=O) groups is 2. The molecule has 0 aliphatic heterocycles. The van der Waals surface area contributed by atoms with Gasteiger partial charge >= 0.3 is 5.97 Å². The van der Waals surface area contributed by atoms with Crippen molar-refractivity contribution in [3.8, 4) is 0 Å². The van der Waals surface area contributed by atoms with Crippen LogP contribution in [-0.2, 0) is 16.0 Å². The number of Topliss-reactive ketones (excluding diaryl/α,β-unsaturated/α-hetero) is 1. The summed E-state index contributed by atoms with van der Waals surface area (Å²) >= 11 is 0. The molecule has 0 radical (unpaired) electrons. The van der Waals surface area contributed by atoms with Gasteiger partial charge < -0.3 is 14.0 Å². The van der Waals surface area contributed by atoms with Crippen molar-refractivity contribution in [2.45, 2.75) is 20.4 Å². The maximum Gasteiger partial charge on any atom is 0.358 e. The molecule has 0 bridgehead atoms. The van der Waals surface area contributed by atoms with Crippen LogP contribution in [-0.4, -0.2) is 46.6 Å². The first kappa shape index (κ1) is 16.8. The van der Waals surface area contributed by atoms with Crippen LogP contribution in [0.25, 0.3) is 0 Å². The summed E-state index contributed by atoms with van der Waals surface area (Å²) in [7, 11) is 1.63. The number of nitrogens with zero attached hydrogens (tertiary/aromatic N) is 3. The first-order valence-electron chi connectivity index (χ1n) is 7.16. The summed E-state index contributed by atoms with van der Waals surface area (Å²) in [6, 6.07) is 1.80. The van der Waals surface area contributed by atoms with Crippen LogP contribution in [0.15, 0.2) is 24.7 Å². The number of ketones is 1. The lowest BCUT2D eigenvalue weighted by atomic mass is 10.1. The number of aryl methyl sites for hydroxylation is 1. The molecule has 0 spiro atoms. The molecule has 0 atom stereocenters. The van der Waals surface area contributed by atoms with E-state index < -0.39 is 5.97 Å². The molecule has 2 aromatic heterocycles. The van der Waals surface area contributed by atoms with Crippen molar-refractivity contribution < 1.29 is 19.1 Å². The Balaban J connectivity index is 2.02. The van der Waals surface area contributed by atoms with Gasteiger partial charge in [0, 0.05) is 43.0 Å². The molecule has 2 rings (SSSR count). The van der Waals surface area contributed by atoms with Gasteiger partial charge in [-0.15, -0.1) is 0 Å². The number of hydrogen-bond acceptors (Lipinski definition) is 6. The molecule has 2 heterocycles. The number of ether oxygens (including phenoxy) is 2. The number of aromatic nitrogens is 3. The summed E-state index contributed by atoms with van der Waals surface area (Å²) in [6.45, 7) is 4.68. The van der Waals surface area contributed by atoms with E-state index in [1.165, 1.54) is 18.6 Å². The van der Waals surface area contributed by atoms with Gasteiger partial charge in [-0.05, 0) is 19.9 Å². The predicted octanol–water partition coefficient (Wildman–Crippen LogP) is 1.58. The highest BCUT2D eigenvalue weighted by Crippen LogP contribution is 2.16. The summed E-state index contributed by atoms with van der Waals surface area (Å²) in [5.41, 5.74) is 2.42. The molecule has 23 heavy (non-hydrogen) atoms. The summed E-state index contributed by atoms with van der Waals surface area (Å²) in [4.78, 5) is 31.7. The topological polar surface area (TPSA) is 83.3 Å². The summed E-state index contributed by atoms with van der Waals surface area (Å²) in [5, 5.41) is 0. The highest BCUT2D eigenvalue weighted by atomic mass is 16.5. The van der Waals surface area contributed by atoms with Crippen LogP contribution in [0.4, 0.5) is 0 Å². The third kappa shape index (κ3) is 4.01. The third-order valence-electron chi connectivity index (χ3n) is 3.50. The van der Waals surface area contributed by atoms with Crippen molar-refractivity contribution in [1.82, 2.24) is 14.5 Å². The molecular formula is C16H19N3O4. The first-order valence-corrected chi connectivity index (χ1v) is 7.16. The van der Waals surface area contributed by atoms with E-state index in [1.54, 1.807) is 13.2 Å². The molecule has 0 saturated carbocycles. The van der Waals surface area contributed by atoms with Crippen LogP contribution in [0.2, 0.25) is 0 Å². The van der Waals surface area contributed by atoms with Gasteiger partial charge in [0.25, 0.3) is 0 Å². The fraction of sp³-hybridized carbons (Fsp3) is 0.375. The maximum absolute atomic E-state index is 12.3. The Morgan fingerprint density at radius 3 is 2.70 bits per heavy atom. The Kier molecular flexibility index (Phi) is 5.59. The van der Waals surface area contributed by atoms with E-state index in [0.29, 0.717) is 18.7 Å². The number of rotatable bonds is 7. The molecule has 0 aliphatic rings. The van der Waals surface area contributed by atoms with E-state index in [2.05, 4.69) is 9.97 Å². The van der Waals surface area contributed by atoms with Crippen LogP contribution in [0.3, 0.4) is 0 Å². The zero-order chi connectivity index (χ0) is 16.8. The molecule has 7 nitrogen and oxygen atoms in total. The highest BCUT2D eigenvalue weighted by molar-refractivity contribution is 6.00. The van der Waals surface area contributed by atoms with Crippen molar-refractivity contribution in [3.63, 3.8) is 0 Å². The number of carbonyl (C=O) groups excluding carboxylic acids is 2. The molecule has 0 amide bonds. The van der Waals surface area contributed by atoms with Crippen LogP contribution < -0.4 is 0 Å². The quantitative estimate of drug-likeness (QED) is 0.569. The predicted molar refractivity (Wildman–Crippen MR) is 82.4 cm³/mol. The lowest BCUT2D eigenvalue weighted by molar-refractivity contribution is 0.0468. The van der Waals surface area contributed by atoms with E-state index in [4.69, 9.17) is 9.47 Å². The summed E-state index contributed by atoms with van der Waals surface area (Å²) in [5.74, 6) is -0.918. The molecule has 0 aromatic carbocycles. The number of esters is 1. The van der Waals surface area contributed by atoms with Crippen LogP contribution >= 0.6 is 0 Å². The second-order valence-corrected chi connectivity index (χ2v) is 5.02. The molecule has 122 valence electrons. The normalized spacial score (nSPS) is 10.6. The molecule has 0 fully saturated rings. The maximum atomic E-state index is 12.3. The lowest BCUT2D eigenvalue weighted by Gasteiger charge is -2.09. The van der Waals surface area contributed by atoms with Gasteiger partial charge in [-0.1, -0.05) is 0 Å². The largest absolute Gasteiger partial charge is 0.453 e. The Labute approximate surface area is 134 Å². The second-order valence-electron chi connectivity index (χ2n) is 5.02. The fourth-order valence-electron chi connectivity index (χ4n) is 2.30. The van der Waals surface area contributed by atoms with Gasteiger partial charge in [-0.3, -0.25) is 9.78 Å². The molecule has 2 aromatic rings. The van der Waals surface area contributed by atoms with Crippen molar-refractivity contribution in [3.05, 3.63) is 47.3 Å². The minimum atomic E-state index is -0.667. The minimum absolute atomic E-state index is 0.0749. The van der Waals surface area contributed by atoms with E-state index in [-0.39, 0.29) is 18.1 Å². The van der Waals surface area contributed by atoms with E-state index >= 15 is 0 Å². The van der Waals surface area contributed by atoms with Gasteiger partial charge in [-0.25, -0.2) is 9.78 Å². The second kappa shape index (κ2) is 7.64. The number of methoxy groups -OCH3 is 1. The zero-order valence-corrected chi connectivity index (χ0v) is 13.4. The molecule has 0 aliphatic carbocycles. The SMILES string of the molecule is COCCn1c(C)cc(C(=O)COC(=O)c2cnccn2)c1C. The lowest BCUT2D eigenvalue weighted by Crippen LogP contribution is -2.16. The summed E-state index contributed by atoms with van der Waals surface area (Å²) < 4.78 is 12.1. The van der Waals surface area contributed by atoms with Gasteiger partial charge in [0.2, 0.25) is 5.78 Å². The third-order valence-corrected chi connectivity index (χ3v) is 3.50. The Bertz CT molecular complexity index is 695. The molecule has 0 unspecified atom stereocenters. The zero-order valence-electron chi connectivity index (χ0n) is 13.4. The van der Waals surface area contributed by atoms with Gasteiger partial charge in [0.05, 0.1) is 12.8 Å². The Morgan fingerprint density at radius 2 is 2.04 bits per heavy atom. The standard InChI is InChI=1S/C16H19N3O4/c1-11-8-13(12(2)19(11)6-7-22-3)15(20)10-23-16(21)14-9-17-4-5-18-14/h4-5,8-9H,6-7,10H2,1-3H3. The molecule has 7 heteroatoms. The van der Waals surface area contributed by atoms with E-state index in [0.717, 1.165) is 11.4 Å². The van der Waals surface area contributed by atoms with Gasteiger partial charge in [-0.2, -0.15) is 0 Å². The number of hydrogen-bond donors (Lipinski definition) is 0. The van der Waals surface area contributed by atoms with Crippen molar-refractivity contribution in [1.29, 1.82) is 0 Å². The highest BCUT2D eigenvalue weighted by Gasteiger charge is 2.18. The van der Waals surface area contributed by atoms with Gasteiger partial charge in [0.15, 0.2) is 12.3 Å². The summed E-state index contributed by atoms with van der Waals surface area (Å²) in [6.07, 6.45) is 4.14. The fourth-order valence-corrected chi connectivity index (χ4v) is 2.30. The van der Waals surface area contributed by atoms with Crippen LogP contribution in [0, 0.1) is 13.8 Å². The van der Waals surface area contributed by atoms with Crippen LogP contribution in [0.1, 0.15) is 32.2 Å². The van der Waals surface area contributed by atoms with Crippen LogP contribution in [0.5, 0.6) is 0 Å². The molecular weight excluding hydrogens is 298 g/mol. The van der Waals surface area contributed by atoms with Gasteiger partial charge in [0.1, 0.15) is 0 Å².